The number of halogens is 1. The molecule has 1 aliphatic carbocycles. The van der Waals surface area contributed by atoms with E-state index in [2.05, 4.69) is 19.1 Å². The fourth-order valence-corrected chi connectivity index (χ4v) is 1.47. The number of allylic oxidation sites excluding steroid dienone is 2. The minimum absolute atomic E-state index is 0.230. The Bertz CT molecular complexity index is 186. The van der Waals surface area contributed by atoms with Crippen LogP contribution in [0.15, 0.2) is 24.3 Å². The molecule has 0 aromatic rings. The third-order valence-corrected chi connectivity index (χ3v) is 2.38. The van der Waals surface area contributed by atoms with E-state index in [1.165, 1.54) is 0 Å². The van der Waals surface area contributed by atoms with Crippen LogP contribution in [-0.4, -0.2) is 18.1 Å². The van der Waals surface area contributed by atoms with E-state index < -0.39 is 0 Å². The predicted molar refractivity (Wildman–Crippen MR) is 52.6 cm³/mol. The summed E-state index contributed by atoms with van der Waals surface area (Å²) < 4.78 is 5.70. The van der Waals surface area contributed by atoms with Gasteiger partial charge in [-0.1, -0.05) is 31.2 Å². The zero-order valence-electron chi connectivity index (χ0n) is 7.42. The van der Waals surface area contributed by atoms with Crippen molar-refractivity contribution < 1.29 is 4.74 Å². The van der Waals surface area contributed by atoms with E-state index in [1.807, 2.05) is 12.2 Å². The standard InChI is InChI=1S/C10H15ClO/c1-2-8-12-10(9-11)6-4-3-5-7-10/h3-6H,2,7-9H2,1H3. The van der Waals surface area contributed by atoms with Gasteiger partial charge in [-0.3, -0.25) is 0 Å². The van der Waals surface area contributed by atoms with E-state index in [4.69, 9.17) is 16.3 Å². The molecule has 0 saturated heterocycles. The van der Waals surface area contributed by atoms with Crippen molar-refractivity contribution in [1.82, 2.24) is 0 Å². The van der Waals surface area contributed by atoms with Gasteiger partial charge in [-0.05, 0) is 12.8 Å². The zero-order valence-corrected chi connectivity index (χ0v) is 8.18. The molecule has 1 aliphatic rings. The van der Waals surface area contributed by atoms with Crippen molar-refractivity contribution in [1.29, 1.82) is 0 Å². The van der Waals surface area contributed by atoms with Gasteiger partial charge in [0.25, 0.3) is 0 Å². The maximum Gasteiger partial charge on any atom is 0.103 e. The maximum atomic E-state index is 5.86. The summed E-state index contributed by atoms with van der Waals surface area (Å²) in [5.74, 6) is 0.536. The molecule has 0 bridgehead atoms. The van der Waals surface area contributed by atoms with Gasteiger partial charge in [-0.2, -0.15) is 0 Å². The molecule has 1 unspecified atom stereocenters. The van der Waals surface area contributed by atoms with Gasteiger partial charge in [0.05, 0.1) is 5.88 Å². The highest BCUT2D eigenvalue weighted by Crippen LogP contribution is 2.24. The van der Waals surface area contributed by atoms with Crippen molar-refractivity contribution in [3.63, 3.8) is 0 Å². The summed E-state index contributed by atoms with van der Waals surface area (Å²) in [6.07, 6.45) is 10.1. The minimum atomic E-state index is -0.230. The summed E-state index contributed by atoms with van der Waals surface area (Å²) >= 11 is 5.86. The average Bonchev–Trinajstić information content (AvgIpc) is 2.16. The third-order valence-electron chi connectivity index (χ3n) is 1.93. The van der Waals surface area contributed by atoms with E-state index >= 15 is 0 Å². The number of hydrogen-bond donors (Lipinski definition) is 0. The molecule has 0 aromatic heterocycles. The van der Waals surface area contributed by atoms with E-state index in [1.54, 1.807) is 0 Å². The summed E-state index contributed by atoms with van der Waals surface area (Å²) in [4.78, 5) is 0. The van der Waals surface area contributed by atoms with Crippen molar-refractivity contribution in [2.45, 2.75) is 25.4 Å². The van der Waals surface area contributed by atoms with Crippen molar-refractivity contribution in [2.75, 3.05) is 12.5 Å². The second kappa shape index (κ2) is 4.68. The Kier molecular flexibility index (Phi) is 3.83. The van der Waals surface area contributed by atoms with Gasteiger partial charge in [0, 0.05) is 6.61 Å². The molecule has 0 saturated carbocycles. The molecule has 2 heteroatoms. The Hall–Kier alpha value is -0.270. The largest absolute Gasteiger partial charge is 0.369 e. The highest BCUT2D eigenvalue weighted by Gasteiger charge is 2.26. The Morgan fingerprint density at radius 1 is 1.50 bits per heavy atom. The van der Waals surface area contributed by atoms with Crippen molar-refractivity contribution in [2.24, 2.45) is 0 Å². The third kappa shape index (κ3) is 2.36. The Balaban J connectivity index is 2.51. The molecule has 1 nitrogen and oxygen atoms in total. The molecule has 0 aliphatic heterocycles. The van der Waals surface area contributed by atoms with Crippen LogP contribution in [-0.2, 0) is 4.74 Å². The van der Waals surface area contributed by atoms with Crippen LogP contribution in [0.2, 0.25) is 0 Å². The number of ether oxygens (including phenoxy) is 1. The Labute approximate surface area is 79.1 Å². The minimum Gasteiger partial charge on any atom is -0.369 e. The summed E-state index contributed by atoms with van der Waals surface area (Å²) in [6.45, 7) is 2.88. The fraction of sp³-hybridized carbons (Fsp3) is 0.600. The second-order valence-corrected chi connectivity index (χ2v) is 3.31. The lowest BCUT2D eigenvalue weighted by Crippen LogP contribution is -2.33. The highest BCUT2D eigenvalue weighted by atomic mass is 35.5. The maximum absolute atomic E-state index is 5.86. The van der Waals surface area contributed by atoms with Gasteiger partial charge in [0.15, 0.2) is 0 Å². The molecule has 1 rings (SSSR count). The lowest BCUT2D eigenvalue weighted by molar-refractivity contribution is 0.0101. The van der Waals surface area contributed by atoms with Crippen LogP contribution in [0.5, 0.6) is 0 Å². The Morgan fingerprint density at radius 3 is 2.83 bits per heavy atom. The van der Waals surface area contributed by atoms with Gasteiger partial charge >= 0.3 is 0 Å². The van der Waals surface area contributed by atoms with Crippen LogP contribution >= 0.6 is 11.6 Å². The van der Waals surface area contributed by atoms with Crippen molar-refractivity contribution in [3.05, 3.63) is 24.3 Å². The lowest BCUT2D eigenvalue weighted by atomic mass is 9.97. The monoisotopic (exact) mass is 186 g/mol. The van der Waals surface area contributed by atoms with Gasteiger partial charge < -0.3 is 4.74 Å². The lowest BCUT2D eigenvalue weighted by Gasteiger charge is -2.29. The summed E-state index contributed by atoms with van der Waals surface area (Å²) in [5.41, 5.74) is -0.230. The topological polar surface area (TPSA) is 9.23 Å². The molecular weight excluding hydrogens is 172 g/mol. The first-order valence-electron chi connectivity index (χ1n) is 4.37. The van der Waals surface area contributed by atoms with Crippen LogP contribution in [0.3, 0.4) is 0 Å². The summed E-state index contributed by atoms with van der Waals surface area (Å²) in [7, 11) is 0. The predicted octanol–water partition coefficient (Wildman–Crippen LogP) is 2.91. The van der Waals surface area contributed by atoms with Gasteiger partial charge in [-0.15, -0.1) is 11.6 Å². The van der Waals surface area contributed by atoms with Crippen LogP contribution in [0.4, 0.5) is 0 Å². The first-order valence-corrected chi connectivity index (χ1v) is 4.91. The number of alkyl halides is 1. The smallest absolute Gasteiger partial charge is 0.103 e. The average molecular weight is 187 g/mol. The first kappa shape index (κ1) is 9.82. The molecule has 0 N–H and O–H groups in total. The molecule has 0 aromatic carbocycles. The molecule has 0 radical (unpaired) electrons. The van der Waals surface area contributed by atoms with E-state index in [9.17, 15) is 0 Å². The number of hydrogen-bond acceptors (Lipinski definition) is 1. The van der Waals surface area contributed by atoms with E-state index in [0.717, 1.165) is 19.4 Å². The molecule has 1 atom stereocenters. The first-order chi connectivity index (χ1) is 5.83. The SMILES string of the molecule is CCCOC1(CCl)C=CC=CC1. The van der Waals surface area contributed by atoms with Crippen LogP contribution in [0.25, 0.3) is 0 Å². The molecular formula is C10H15ClO. The Morgan fingerprint density at radius 2 is 2.33 bits per heavy atom. The van der Waals surface area contributed by atoms with Crippen LogP contribution in [0.1, 0.15) is 19.8 Å². The van der Waals surface area contributed by atoms with Crippen LogP contribution in [0, 0.1) is 0 Å². The highest BCUT2D eigenvalue weighted by molar-refractivity contribution is 6.18. The zero-order chi connectivity index (χ0) is 8.86. The fourth-order valence-electron chi connectivity index (χ4n) is 1.20. The quantitative estimate of drug-likeness (QED) is 0.614. The summed E-state index contributed by atoms with van der Waals surface area (Å²) in [5, 5.41) is 0. The molecule has 0 heterocycles. The molecule has 12 heavy (non-hydrogen) atoms. The van der Waals surface area contributed by atoms with Crippen LogP contribution < -0.4 is 0 Å². The normalized spacial score (nSPS) is 27.8. The number of rotatable bonds is 4. The van der Waals surface area contributed by atoms with Gasteiger partial charge in [-0.25, -0.2) is 0 Å². The molecule has 0 spiro atoms. The molecule has 68 valence electrons. The second-order valence-electron chi connectivity index (χ2n) is 3.04. The van der Waals surface area contributed by atoms with E-state index in [0.29, 0.717) is 5.88 Å². The van der Waals surface area contributed by atoms with Crippen molar-refractivity contribution in [3.8, 4) is 0 Å². The van der Waals surface area contributed by atoms with Gasteiger partial charge in [0.2, 0.25) is 0 Å². The van der Waals surface area contributed by atoms with E-state index in [-0.39, 0.29) is 5.60 Å². The van der Waals surface area contributed by atoms with Crippen molar-refractivity contribution >= 4 is 11.6 Å². The summed E-state index contributed by atoms with van der Waals surface area (Å²) in [6, 6.07) is 0. The van der Waals surface area contributed by atoms with Gasteiger partial charge in [0.1, 0.15) is 5.60 Å². The molecule has 0 amide bonds. The molecule has 0 fully saturated rings.